The molecule has 2 heterocycles. The number of fused-ring (bicyclic) bond motifs is 1. The maximum atomic E-state index is 14.1. The van der Waals surface area contributed by atoms with Crippen molar-refractivity contribution < 1.29 is 18.0 Å². The number of sulfonamides is 1. The van der Waals surface area contributed by atoms with E-state index in [0.29, 0.717) is 62.0 Å². The molecule has 0 aliphatic carbocycles. The Kier molecular flexibility index (Phi) is 9.26. The summed E-state index contributed by atoms with van der Waals surface area (Å²) >= 11 is 3.48. The van der Waals surface area contributed by atoms with E-state index in [2.05, 4.69) is 28.1 Å². The molecule has 41 heavy (non-hydrogen) atoms. The third-order valence-corrected chi connectivity index (χ3v) is 10.3. The summed E-state index contributed by atoms with van der Waals surface area (Å²) in [6.07, 6.45) is 2.87. The first-order valence-corrected chi connectivity index (χ1v) is 16.5. The fourth-order valence-corrected chi connectivity index (χ4v) is 8.29. The van der Waals surface area contributed by atoms with E-state index < -0.39 is 15.9 Å². The molecule has 0 bridgehead atoms. The molecule has 2 aliphatic rings. The maximum Gasteiger partial charge on any atom is 0.245 e. The van der Waals surface area contributed by atoms with Gasteiger partial charge in [0.2, 0.25) is 21.8 Å². The summed E-state index contributed by atoms with van der Waals surface area (Å²) in [6.45, 7) is 3.75. The largest absolute Gasteiger partial charge is 0.338 e. The molecule has 0 N–H and O–H groups in total. The predicted molar refractivity (Wildman–Crippen MR) is 164 cm³/mol. The molecule has 1 saturated heterocycles. The van der Waals surface area contributed by atoms with Crippen molar-refractivity contribution in [3.63, 3.8) is 0 Å². The number of hydrogen-bond acceptors (Lipinski definition) is 4. The number of halogens is 1. The minimum absolute atomic E-state index is 0.0213. The van der Waals surface area contributed by atoms with Gasteiger partial charge in [-0.15, -0.1) is 0 Å². The lowest BCUT2D eigenvalue weighted by molar-refractivity contribution is -0.137. The van der Waals surface area contributed by atoms with Gasteiger partial charge in [-0.05, 0) is 54.5 Å². The predicted octanol–water partition coefficient (Wildman–Crippen LogP) is 5.42. The number of carbonyl (C=O) groups is 2. The summed E-state index contributed by atoms with van der Waals surface area (Å²) in [7, 11) is -3.95. The summed E-state index contributed by atoms with van der Waals surface area (Å²) < 4.78 is 30.4. The molecule has 3 aromatic rings. The Bertz CT molecular complexity index is 1500. The highest BCUT2D eigenvalue weighted by atomic mass is 79.9. The average Bonchev–Trinajstić information content (AvgIpc) is 3.42. The summed E-state index contributed by atoms with van der Waals surface area (Å²) in [5.41, 5.74) is 3.53. The molecule has 2 aliphatic heterocycles. The van der Waals surface area contributed by atoms with Crippen LogP contribution in [0.3, 0.4) is 0 Å². The van der Waals surface area contributed by atoms with Crippen molar-refractivity contribution in [2.75, 3.05) is 31.1 Å². The molecule has 0 spiro atoms. The fourth-order valence-electron chi connectivity index (χ4n) is 5.85. The van der Waals surface area contributed by atoms with Gasteiger partial charge in [-0.2, -0.15) is 4.31 Å². The molecule has 1 atom stereocenters. The van der Waals surface area contributed by atoms with E-state index in [1.54, 1.807) is 17.9 Å². The summed E-state index contributed by atoms with van der Waals surface area (Å²) in [5, 5.41) is 0. The highest BCUT2D eigenvalue weighted by Crippen LogP contribution is 2.40. The van der Waals surface area contributed by atoms with Gasteiger partial charge >= 0.3 is 0 Å². The Morgan fingerprint density at radius 3 is 2.34 bits per heavy atom. The van der Waals surface area contributed by atoms with Crippen LogP contribution in [0.15, 0.2) is 82.2 Å². The average molecular weight is 639 g/mol. The van der Waals surface area contributed by atoms with Gasteiger partial charge in [-0.1, -0.05) is 83.5 Å². The van der Waals surface area contributed by atoms with Gasteiger partial charge in [-0.3, -0.25) is 9.59 Å². The highest BCUT2D eigenvalue weighted by Gasteiger charge is 2.39. The lowest BCUT2D eigenvalue weighted by Crippen LogP contribution is -2.47. The zero-order valence-electron chi connectivity index (χ0n) is 23.3. The monoisotopic (exact) mass is 637 g/mol. The molecule has 9 heteroatoms. The molecular weight excluding hydrogens is 602 g/mol. The van der Waals surface area contributed by atoms with Crippen LogP contribution in [0.5, 0.6) is 0 Å². The Morgan fingerprint density at radius 1 is 0.976 bits per heavy atom. The topological polar surface area (TPSA) is 78.0 Å². The molecular formula is C32H36BrN3O4S. The van der Waals surface area contributed by atoms with Crippen LogP contribution in [0.1, 0.15) is 42.9 Å². The van der Waals surface area contributed by atoms with Gasteiger partial charge in [0.05, 0.1) is 11.6 Å². The number of carbonyl (C=O) groups excluding carboxylic acids is 2. The van der Waals surface area contributed by atoms with Crippen LogP contribution >= 0.6 is 15.9 Å². The Balaban J connectivity index is 1.39. The second-order valence-corrected chi connectivity index (χ2v) is 13.6. The van der Waals surface area contributed by atoms with Crippen molar-refractivity contribution in [2.24, 2.45) is 5.92 Å². The Hall–Kier alpha value is -3.01. The number of nitrogens with zero attached hydrogens (tertiary/aromatic N) is 3. The minimum atomic E-state index is -3.95. The number of rotatable bonds is 9. The quantitative estimate of drug-likeness (QED) is 0.314. The van der Waals surface area contributed by atoms with Gasteiger partial charge in [-0.25, -0.2) is 8.42 Å². The first kappa shape index (κ1) is 29.5. The van der Waals surface area contributed by atoms with E-state index >= 15 is 0 Å². The van der Waals surface area contributed by atoms with Crippen LogP contribution in [0.4, 0.5) is 5.69 Å². The third-order valence-electron chi connectivity index (χ3n) is 7.99. The Labute approximate surface area is 251 Å². The molecule has 0 unspecified atom stereocenters. The van der Waals surface area contributed by atoms with E-state index in [1.165, 1.54) is 4.31 Å². The number of benzene rings is 3. The van der Waals surface area contributed by atoms with Crippen LogP contribution < -0.4 is 4.90 Å². The van der Waals surface area contributed by atoms with Crippen molar-refractivity contribution in [1.82, 2.24) is 9.21 Å². The fraction of sp³-hybridized carbons (Fsp3) is 0.375. The van der Waals surface area contributed by atoms with Gasteiger partial charge in [0, 0.05) is 43.6 Å². The first-order valence-electron chi connectivity index (χ1n) is 14.3. The van der Waals surface area contributed by atoms with Gasteiger partial charge < -0.3 is 9.80 Å². The zero-order chi connectivity index (χ0) is 29.0. The first-order chi connectivity index (χ1) is 19.8. The minimum Gasteiger partial charge on any atom is -0.338 e. The molecule has 0 radical (unpaired) electrons. The molecule has 2 amide bonds. The SMILES string of the molecule is CCC(=O)N1CCc2cc(Br)cc(S(=O)(=O)N3CCC[C@H](C(=O)N(CCc4ccccc4)Cc4ccccc4)C3)c21. The van der Waals surface area contributed by atoms with E-state index in [9.17, 15) is 18.0 Å². The molecule has 216 valence electrons. The zero-order valence-corrected chi connectivity index (χ0v) is 25.7. The van der Waals surface area contributed by atoms with Gasteiger partial charge in [0.25, 0.3) is 0 Å². The number of hydrogen-bond donors (Lipinski definition) is 0. The number of anilines is 1. The molecule has 3 aromatic carbocycles. The van der Waals surface area contributed by atoms with Crippen molar-refractivity contribution >= 4 is 43.5 Å². The van der Waals surface area contributed by atoms with Crippen molar-refractivity contribution in [3.05, 3.63) is 94.0 Å². The van der Waals surface area contributed by atoms with Crippen LogP contribution in [-0.2, 0) is 39.0 Å². The molecule has 0 saturated carbocycles. The van der Waals surface area contributed by atoms with Crippen molar-refractivity contribution in [3.8, 4) is 0 Å². The second-order valence-electron chi connectivity index (χ2n) is 10.7. The van der Waals surface area contributed by atoms with Gasteiger partial charge in [0.15, 0.2) is 0 Å². The lowest BCUT2D eigenvalue weighted by atomic mass is 9.97. The standard InChI is InChI=1S/C32H36BrN3O4S/c1-2-30(37)36-19-16-26-20-28(33)21-29(31(26)36)41(39,40)35-17-9-14-27(23-35)32(38)34(22-25-12-7-4-8-13-25)18-15-24-10-5-3-6-11-24/h3-8,10-13,20-21,27H,2,9,14-19,22-23H2,1H3/t27-/m0/s1. The van der Waals surface area contributed by atoms with Gasteiger partial charge in [0.1, 0.15) is 4.90 Å². The van der Waals surface area contributed by atoms with Crippen molar-refractivity contribution in [1.29, 1.82) is 0 Å². The molecule has 5 rings (SSSR count). The van der Waals surface area contributed by atoms with Crippen LogP contribution in [-0.4, -0.2) is 55.6 Å². The highest BCUT2D eigenvalue weighted by molar-refractivity contribution is 9.10. The number of piperidine rings is 1. The van der Waals surface area contributed by atoms with E-state index in [-0.39, 0.29) is 23.3 Å². The second kappa shape index (κ2) is 12.9. The normalized spacial score (nSPS) is 17.3. The van der Waals surface area contributed by atoms with E-state index in [0.717, 1.165) is 23.1 Å². The molecule has 0 aromatic heterocycles. The van der Waals surface area contributed by atoms with E-state index in [1.807, 2.05) is 59.5 Å². The summed E-state index contributed by atoms with van der Waals surface area (Å²) in [6, 6.07) is 23.5. The molecule has 7 nitrogen and oxygen atoms in total. The van der Waals surface area contributed by atoms with Crippen LogP contribution in [0, 0.1) is 5.92 Å². The Morgan fingerprint density at radius 2 is 1.66 bits per heavy atom. The molecule has 1 fully saturated rings. The summed E-state index contributed by atoms with van der Waals surface area (Å²) in [5.74, 6) is -0.553. The van der Waals surface area contributed by atoms with Crippen LogP contribution in [0.25, 0.3) is 0 Å². The lowest BCUT2D eigenvalue weighted by Gasteiger charge is -2.35. The van der Waals surface area contributed by atoms with Crippen LogP contribution in [0.2, 0.25) is 0 Å². The smallest absolute Gasteiger partial charge is 0.245 e. The van der Waals surface area contributed by atoms with E-state index in [4.69, 9.17) is 0 Å². The third kappa shape index (κ3) is 6.58. The summed E-state index contributed by atoms with van der Waals surface area (Å²) in [4.78, 5) is 30.3. The van der Waals surface area contributed by atoms with Crippen molar-refractivity contribution in [2.45, 2.75) is 50.5 Å². The number of amides is 2. The maximum absolute atomic E-state index is 14.1.